The van der Waals surface area contributed by atoms with E-state index in [0.717, 1.165) is 5.39 Å². The highest BCUT2D eigenvalue weighted by Crippen LogP contribution is 2.15. The van der Waals surface area contributed by atoms with Crippen LogP contribution < -0.4 is 5.56 Å². The van der Waals surface area contributed by atoms with E-state index in [2.05, 4.69) is 19.9 Å². The third-order valence-electron chi connectivity index (χ3n) is 2.28. The van der Waals surface area contributed by atoms with Gasteiger partial charge in [-0.25, -0.2) is 9.97 Å². The molecule has 72 valence electrons. The van der Waals surface area contributed by atoms with E-state index in [1.807, 2.05) is 0 Å². The number of hydrogen-bond acceptors (Lipinski definition) is 4. The van der Waals surface area contributed by atoms with Crippen molar-refractivity contribution in [2.75, 3.05) is 0 Å². The Balaban J connectivity index is 2.70. The highest BCUT2D eigenvalue weighted by molar-refractivity contribution is 6.01. The Bertz CT molecular complexity index is 704. The Kier molecular flexibility index (Phi) is 1.53. The lowest BCUT2D eigenvalue weighted by molar-refractivity contribution is 1.19. The van der Waals surface area contributed by atoms with Crippen molar-refractivity contribution in [2.24, 2.45) is 0 Å². The first-order chi connectivity index (χ1) is 7.36. The molecular formula is C10H6N4O. The van der Waals surface area contributed by atoms with Gasteiger partial charge in [0.05, 0.1) is 22.6 Å². The number of H-pyrrole nitrogens is 1. The van der Waals surface area contributed by atoms with Crippen LogP contribution in [0.4, 0.5) is 0 Å². The van der Waals surface area contributed by atoms with Crippen molar-refractivity contribution in [1.82, 2.24) is 19.9 Å². The van der Waals surface area contributed by atoms with Crippen molar-refractivity contribution < 1.29 is 0 Å². The minimum Gasteiger partial charge on any atom is -0.319 e. The van der Waals surface area contributed by atoms with Gasteiger partial charge in [-0.15, -0.1) is 0 Å². The van der Waals surface area contributed by atoms with E-state index in [-0.39, 0.29) is 5.56 Å². The van der Waals surface area contributed by atoms with E-state index >= 15 is 0 Å². The summed E-state index contributed by atoms with van der Waals surface area (Å²) in [7, 11) is 0. The minimum atomic E-state index is -0.144. The molecule has 1 N–H and O–H groups in total. The number of nitrogens with zero attached hydrogens (tertiary/aromatic N) is 3. The second-order valence-electron chi connectivity index (χ2n) is 3.16. The summed E-state index contributed by atoms with van der Waals surface area (Å²) in [5.41, 5.74) is 1.20. The molecule has 0 aliphatic heterocycles. The van der Waals surface area contributed by atoms with Gasteiger partial charge in [0.1, 0.15) is 6.33 Å². The van der Waals surface area contributed by atoms with Gasteiger partial charge in [0.25, 0.3) is 5.56 Å². The number of aromatic amines is 1. The van der Waals surface area contributed by atoms with Crippen molar-refractivity contribution in [1.29, 1.82) is 0 Å². The summed E-state index contributed by atoms with van der Waals surface area (Å²) in [6.45, 7) is 0. The molecule has 3 aromatic heterocycles. The van der Waals surface area contributed by atoms with Crippen LogP contribution >= 0.6 is 0 Å². The van der Waals surface area contributed by atoms with Crippen LogP contribution in [0.1, 0.15) is 0 Å². The summed E-state index contributed by atoms with van der Waals surface area (Å²) in [6, 6.07) is 1.68. The fourth-order valence-electron chi connectivity index (χ4n) is 1.61. The number of pyridine rings is 2. The summed E-state index contributed by atoms with van der Waals surface area (Å²) >= 11 is 0. The third-order valence-corrected chi connectivity index (χ3v) is 2.28. The predicted molar refractivity (Wildman–Crippen MR) is 55.5 cm³/mol. The van der Waals surface area contributed by atoms with Crippen LogP contribution in [0.5, 0.6) is 0 Å². The van der Waals surface area contributed by atoms with Gasteiger partial charge in [-0.3, -0.25) is 9.78 Å². The van der Waals surface area contributed by atoms with E-state index in [1.54, 1.807) is 24.7 Å². The molecule has 0 aliphatic rings. The van der Waals surface area contributed by atoms with Gasteiger partial charge >= 0.3 is 0 Å². The first-order valence-electron chi connectivity index (χ1n) is 4.42. The Morgan fingerprint density at radius 2 is 2.07 bits per heavy atom. The summed E-state index contributed by atoms with van der Waals surface area (Å²) in [4.78, 5) is 26.4. The average Bonchev–Trinajstić information content (AvgIpc) is 2.30. The molecule has 0 saturated carbocycles. The maximum atomic E-state index is 11.7. The van der Waals surface area contributed by atoms with Crippen molar-refractivity contribution in [3.63, 3.8) is 0 Å². The zero-order chi connectivity index (χ0) is 10.3. The quantitative estimate of drug-likeness (QED) is 0.544. The summed E-state index contributed by atoms with van der Waals surface area (Å²) in [6.07, 6.45) is 6.26. The maximum absolute atomic E-state index is 11.7. The molecular weight excluding hydrogens is 192 g/mol. The van der Waals surface area contributed by atoms with Crippen LogP contribution in [0.15, 0.2) is 35.8 Å². The second-order valence-corrected chi connectivity index (χ2v) is 3.16. The maximum Gasteiger partial charge on any atom is 0.256 e. The third kappa shape index (κ3) is 1.10. The lowest BCUT2D eigenvalue weighted by Crippen LogP contribution is -2.07. The molecule has 0 radical (unpaired) electrons. The molecule has 5 nitrogen and oxygen atoms in total. The lowest BCUT2D eigenvalue weighted by atomic mass is 10.2. The van der Waals surface area contributed by atoms with E-state index < -0.39 is 0 Å². The SMILES string of the molecule is O=c1[nH]c2cncnc2c2cnccc12. The van der Waals surface area contributed by atoms with Gasteiger partial charge in [0.15, 0.2) is 0 Å². The molecule has 0 saturated heterocycles. The van der Waals surface area contributed by atoms with Crippen LogP contribution in [0.3, 0.4) is 0 Å². The van der Waals surface area contributed by atoms with Crippen LogP contribution in [0, 0.1) is 0 Å². The number of fused-ring (bicyclic) bond motifs is 3. The Labute approximate surface area is 83.8 Å². The monoisotopic (exact) mass is 198 g/mol. The molecule has 15 heavy (non-hydrogen) atoms. The number of hydrogen-bond donors (Lipinski definition) is 1. The molecule has 0 aromatic carbocycles. The molecule has 3 rings (SSSR count). The standard InChI is InChI=1S/C10H6N4O/c15-10-6-1-2-11-3-7(6)9-8(14-10)4-12-5-13-9/h1-5H,(H,14,15). The van der Waals surface area contributed by atoms with Crippen LogP contribution in [-0.4, -0.2) is 19.9 Å². The first kappa shape index (κ1) is 8.05. The zero-order valence-corrected chi connectivity index (χ0v) is 7.64. The molecule has 0 amide bonds. The largest absolute Gasteiger partial charge is 0.319 e. The molecule has 0 bridgehead atoms. The van der Waals surface area contributed by atoms with Crippen molar-refractivity contribution in [3.8, 4) is 0 Å². The fraction of sp³-hybridized carbons (Fsp3) is 0. The van der Waals surface area contributed by atoms with Gasteiger partial charge < -0.3 is 4.98 Å². The van der Waals surface area contributed by atoms with Gasteiger partial charge in [-0.2, -0.15) is 0 Å². The number of aromatic nitrogens is 4. The fourth-order valence-corrected chi connectivity index (χ4v) is 1.61. The number of rotatable bonds is 0. The average molecular weight is 198 g/mol. The van der Waals surface area contributed by atoms with E-state index in [0.29, 0.717) is 16.4 Å². The van der Waals surface area contributed by atoms with Gasteiger partial charge in [-0.05, 0) is 6.07 Å². The normalized spacial score (nSPS) is 10.9. The second kappa shape index (κ2) is 2.84. The molecule has 3 aromatic rings. The molecule has 0 aliphatic carbocycles. The summed E-state index contributed by atoms with van der Waals surface area (Å²) < 4.78 is 0. The van der Waals surface area contributed by atoms with Crippen LogP contribution in [0.2, 0.25) is 0 Å². The first-order valence-corrected chi connectivity index (χ1v) is 4.42. The smallest absolute Gasteiger partial charge is 0.256 e. The zero-order valence-electron chi connectivity index (χ0n) is 7.64. The van der Waals surface area contributed by atoms with Gasteiger partial charge in [-0.1, -0.05) is 0 Å². The number of nitrogens with one attached hydrogen (secondary N) is 1. The van der Waals surface area contributed by atoms with E-state index in [1.165, 1.54) is 6.33 Å². The van der Waals surface area contributed by atoms with E-state index in [4.69, 9.17) is 0 Å². The molecule has 0 fully saturated rings. The molecule has 0 spiro atoms. The van der Waals surface area contributed by atoms with Crippen molar-refractivity contribution in [2.45, 2.75) is 0 Å². The lowest BCUT2D eigenvalue weighted by Gasteiger charge is -2.00. The minimum absolute atomic E-state index is 0.144. The summed E-state index contributed by atoms with van der Waals surface area (Å²) in [5.74, 6) is 0. The predicted octanol–water partition coefficient (Wildman–Crippen LogP) is 0.866. The topological polar surface area (TPSA) is 71.5 Å². The molecule has 5 heteroatoms. The van der Waals surface area contributed by atoms with Gasteiger partial charge in [0, 0.05) is 17.8 Å². The van der Waals surface area contributed by atoms with Crippen LogP contribution in [-0.2, 0) is 0 Å². The Morgan fingerprint density at radius 3 is 3.00 bits per heavy atom. The van der Waals surface area contributed by atoms with Crippen molar-refractivity contribution >= 4 is 21.8 Å². The Morgan fingerprint density at radius 1 is 1.13 bits per heavy atom. The van der Waals surface area contributed by atoms with Crippen LogP contribution in [0.25, 0.3) is 21.8 Å². The molecule has 0 atom stereocenters. The molecule has 0 unspecified atom stereocenters. The highest BCUT2D eigenvalue weighted by atomic mass is 16.1. The highest BCUT2D eigenvalue weighted by Gasteiger charge is 2.04. The Hall–Kier alpha value is -2.30. The van der Waals surface area contributed by atoms with Gasteiger partial charge in [0.2, 0.25) is 0 Å². The molecule has 3 heterocycles. The van der Waals surface area contributed by atoms with E-state index in [9.17, 15) is 4.79 Å². The van der Waals surface area contributed by atoms with Crippen molar-refractivity contribution in [3.05, 3.63) is 41.3 Å². The summed E-state index contributed by atoms with van der Waals surface area (Å²) in [5, 5.41) is 1.34.